The lowest BCUT2D eigenvalue weighted by molar-refractivity contribution is 0.631. The monoisotopic (exact) mass is 170 g/mol. The molecule has 1 N–H and O–H groups in total. The van der Waals surface area contributed by atoms with Crippen molar-refractivity contribution in [2.45, 2.75) is 0 Å². The second-order valence-corrected chi connectivity index (χ2v) is 2.59. The van der Waals surface area contributed by atoms with Gasteiger partial charge in [-0.2, -0.15) is 0 Å². The quantitative estimate of drug-likeness (QED) is 0.646. The van der Waals surface area contributed by atoms with Gasteiger partial charge >= 0.3 is 0 Å². The Morgan fingerprint density at radius 1 is 1.45 bits per heavy atom. The highest BCUT2D eigenvalue weighted by molar-refractivity contribution is 6.35. The van der Waals surface area contributed by atoms with Gasteiger partial charge in [-0.3, -0.25) is 4.98 Å². The molecule has 0 bridgehead atoms. The van der Waals surface area contributed by atoms with E-state index in [1.165, 1.54) is 12.4 Å². The summed E-state index contributed by atoms with van der Waals surface area (Å²) in [4.78, 5) is 6.38. The fourth-order valence-corrected chi connectivity index (χ4v) is 1.17. The van der Waals surface area contributed by atoms with Gasteiger partial charge in [0.05, 0.1) is 16.7 Å². The van der Waals surface area contributed by atoms with Gasteiger partial charge in [0.1, 0.15) is 0 Å². The number of nitrogens with one attached hydrogen (secondary N) is 1. The lowest BCUT2D eigenvalue weighted by atomic mass is 10.3. The summed E-state index contributed by atoms with van der Waals surface area (Å²) in [6, 6.07) is 0. The van der Waals surface area contributed by atoms with E-state index in [0.717, 1.165) is 6.20 Å². The van der Waals surface area contributed by atoms with E-state index < -0.39 is 0 Å². The predicted octanol–water partition coefficient (Wildman–Crippen LogP) is 2.36. The molecule has 0 amide bonds. The number of nitrogens with zero attached hydrogens (tertiary/aromatic N) is 1. The van der Waals surface area contributed by atoms with Crippen molar-refractivity contribution in [1.82, 2.24) is 9.97 Å². The highest BCUT2D eigenvalue weighted by Crippen LogP contribution is 2.22. The van der Waals surface area contributed by atoms with Crippen molar-refractivity contribution in [2.24, 2.45) is 0 Å². The molecule has 11 heavy (non-hydrogen) atoms. The molecule has 0 radical (unpaired) electrons. The lowest BCUT2D eigenvalue weighted by Crippen LogP contribution is -1.78. The Kier molecular flexibility index (Phi) is 1.32. The Labute approximate surface area is 67.0 Å². The largest absolute Gasteiger partial charge is 0.357 e. The van der Waals surface area contributed by atoms with E-state index in [1.54, 1.807) is 0 Å². The Balaban J connectivity index is 2.94. The van der Waals surface area contributed by atoms with Crippen LogP contribution in [0, 0.1) is 5.82 Å². The maximum Gasteiger partial charge on any atom is 0.165 e. The fraction of sp³-hybridized carbons (Fsp3) is 0. The van der Waals surface area contributed by atoms with Crippen molar-refractivity contribution < 1.29 is 4.39 Å². The Morgan fingerprint density at radius 2 is 2.27 bits per heavy atom. The molecule has 0 saturated carbocycles. The minimum atomic E-state index is -0.380. The van der Waals surface area contributed by atoms with Crippen LogP contribution in [0.3, 0.4) is 0 Å². The van der Waals surface area contributed by atoms with E-state index >= 15 is 0 Å². The molecule has 2 heterocycles. The molecule has 0 saturated heterocycles. The first-order valence-corrected chi connectivity index (χ1v) is 3.43. The molecule has 2 nitrogen and oxygen atoms in total. The Bertz CT molecular complexity index is 396. The molecule has 2 aromatic heterocycles. The molecular weight excluding hydrogens is 167 g/mol. The maximum absolute atomic E-state index is 12.8. The molecule has 2 aromatic rings. The molecular formula is C7H4ClFN2. The third-order valence-corrected chi connectivity index (χ3v) is 1.81. The van der Waals surface area contributed by atoms with E-state index in [-0.39, 0.29) is 5.82 Å². The zero-order valence-corrected chi connectivity index (χ0v) is 6.19. The van der Waals surface area contributed by atoms with Crippen LogP contribution in [-0.4, -0.2) is 9.97 Å². The predicted molar refractivity (Wildman–Crippen MR) is 41.1 cm³/mol. The minimum Gasteiger partial charge on any atom is -0.357 e. The molecule has 4 heteroatoms. The molecule has 56 valence electrons. The van der Waals surface area contributed by atoms with Crippen LogP contribution < -0.4 is 0 Å². The van der Waals surface area contributed by atoms with Crippen molar-refractivity contribution in [3.05, 3.63) is 29.4 Å². The maximum atomic E-state index is 12.8. The number of H-pyrrole nitrogens is 1. The Hall–Kier alpha value is -1.09. The van der Waals surface area contributed by atoms with Crippen molar-refractivity contribution in [3.63, 3.8) is 0 Å². The van der Waals surface area contributed by atoms with E-state index in [0.29, 0.717) is 15.9 Å². The molecule has 0 aliphatic carbocycles. The van der Waals surface area contributed by atoms with Crippen LogP contribution in [0.15, 0.2) is 18.6 Å². The second kappa shape index (κ2) is 2.20. The van der Waals surface area contributed by atoms with Gasteiger partial charge in [0.25, 0.3) is 0 Å². The van der Waals surface area contributed by atoms with Crippen LogP contribution in [0.5, 0.6) is 0 Å². The number of halogens is 2. The van der Waals surface area contributed by atoms with E-state index in [4.69, 9.17) is 11.6 Å². The summed E-state index contributed by atoms with van der Waals surface area (Å²) in [6.07, 6.45) is 4.21. The molecule has 0 aliphatic rings. The number of aromatic amines is 1. The molecule has 0 aromatic carbocycles. The number of rotatable bonds is 0. The van der Waals surface area contributed by atoms with Gasteiger partial charge in [0, 0.05) is 17.8 Å². The summed E-state index contributed by atoms with van der Waals surface area (Å²) < 4.78 is 12.8. The highest BCUT2D eigenvalue weighted by Gasteiger charge is 2.04. The summed E-state index contributed by atoms with van der Waals surface area (Å²) in [7, 11) is 0. The minimum absolute atomic E-state index is 0.380. The number of fused-ring (bicyclic) bond motifs is 1. The van der Waals surface area contributed by atoms with Crippen LogP contribution in [0.4, 0.5) is 4.39 Å². The fourth-order valence-electron chi connectivity index (χ4n) is 0.976. The van der Waals surface area contributed by atoms with Crippen LogP contribution in [-0.2, 0) is 0 Å². The third-order valence-electron chi connectivity index (χ3n) is 1.50. The summed E-state index contributed by atoms with van der Waals surface area (Å²) in [5.74, 6) is -0.380. The molecule has 0 unspecified atom stereocenters. The molecule has 0 fully saturated rings. The Morgan fingerprint density at radius 3 is 3.00 bits per heavy atom. The molecule has 0 aliphatic heterocycles. The summed E-state index contributed by atoms with van der Waals surface area (Å²) in [6.45, 7) is 0. The standard InChI is InChI=1S/C7H4ClFN2/c8-5-2-11-7-4(5)1-10-3-6(7)9/h1-3,11H. The first-order chi connectivity index (χ1) is 5.29. The summed E-state index contributed by atoms with van der Waals surface area (Å²) in [5.41, 5.74) is 0.407. The van der Waals surface area contributed by atoms with E-state index in [9.17, 15) is 4.39 Å². The van der Waals surface area contributed by atoms with E-state index in [2.05, 4.69) is 9.97 Å². The van der Waals surface area contributed by atoms with Crippen molar-refractivity contribution in [3.8, 4) is 0 Å². The normalized spacial score (nSPS) is 10.7. The lowest BCUT2D eigenvalue weighted by Gasteiger charge is -1.89. The highest BCUT2D eigenvalue weighted by atomic mass is 35.5. The van der Waals surface area contributed by atoms with Crippen molar-refractivity contribution >= 4 is 22.5 Å². The van der Waals surface area contributed by atoms with Crippen LogP contribution in [0.2, 0.25) is 5.02 Å². The second-order valence-electron chi connectivity index (χ2n) is 2.18. The van der Waals surface area contributed by atoms with Gasteiger partial charge in [-0.05, 0) is 0 Å². The number of aromatic nitrogens is 2. The molecule has 0 spiro atoms. The average Bonchev–Trinajstić information content (AvgIpc) is 2.35. The number of hydrogen-bond acceptors (Lipinski definition) is 1. The van der Waals surface area contributed by atoms with Gasteiger partial charge in [0.15, 0.2) is 5.82 Å². The average molecular weight is 171 g/mol. The van der Waals surface area contributed by atoms with Crippen LogP contribution >= 0.6 is 11.6 Å². The summed E-state index contributed by atoms with van der Waals surface area (Å²) in [5, 5.41) is 1.11. The number of hydrogen-bond donors (Lipinski definition) is 1. The first kappa shape index (κ1) is 6.61. The van der Waals surface area contributed by atoms with Gasteiger partial charge < -0.3 is 4.98 Å². The van der Waals surface area contributed by atoms with Gasteiger partial charge in [-0.15, -0.1) is 0 Å². The van der Waals surface area contributed by atoms with Gasteiger partial charge in [-0.1, -0.05) is 11.6 Å². The number of pyridine rings is 1. The third kappa shape index (κ3) is 0.886. The summed E-state index contributed by atoms with van der Waals surface area (Å²) >= 11 is 5.71. The zero-order chi connectivity index (χ0) is 7.84. The molecule has 0 atom stereocenters. The van der Waals surface area contributed by atoms with Crippen molar-refractivity contribution in [2.75, 3.05) is 0 Å². The molecule has 2 rings (SSSR count). The van der Waals surface area contributed by atoms with Crippen molar-refractivity contribution in [1.29, 1.82) is 0 Å². The zero-order valence-electron chi connectivity index (χ0n) is 5.44. The van der Waals surface area contributed by atoms with Gasteiger partial charge in [0.2, 0.25) is 0 Å². The van der Waals surface area contributed by atoms with Gasteiger partial charge in [-0.25, -0.2) is 4.39 Å². The van der Waals surface area contributed by atoms with Crippen LogP contribution in [0.1, 0.15) is 0 Å². The van der Waals surface area contributed by atoms with E-state index in [1.807, 2.05) is 0 Å². The van der Waals surface area contributed by atoms with Crippen LogP contribution in [0.25, 0.3) is 10.9 Å². The SMILES string of the molecule is Fc1cncc2c(Cl)c[nH]c12. The topological polar surface area (TPSA) is 28.7 Å². The first-order valence-electron chi connectivity index (χ1n) is 3.05. The smallest absolute Gasteiger partial charge is 0.165 e.